The molecule has 0 rings (SSSR count). The summed E-state index contributed by atoms with van der Waals surface area (Å²) in [6.07, 6.45) is 8.20. The Kier molecular flexibility index (Phi) is 10.7. The van der Waals surface area contributed by atoms with Crippen LogP contribution < -0.4 is 5.73 Å². The minimum atomic E-state index is -2.11. The van der Waals surface area contributed by atoms with E-state index in [1.54, 1.807) is 0 Å². The van der Waals surface area contributed by atoms with Crippen LogP contribution in [0.1, 0.15) is 59.3 Å². The van der Waals surface area contributed by atoms with Crippen molar-refractivity contribution in [3.8, 4) is 0 Å². The Hall–Kier alpha value is 0.499. The van der Waals surface area contributed by atoms with Crippen LogP contribution in [0.2, 0.25) is 13.3 Å². The van der Waals surface area contributed by atoms with Gasteiger partial charge in [-0.1, -0.05) is 0 Å². The first-order valence-electron chi connectivity index (χ1n) is 7.55. The molecular formula is C15H33NSn. The van der Waals surface area contributed by atoms with Gasteiger partial charge in [0.25, 0.3) is 0 Å². The van der Waals surface area contributed by atoms with E-state index in [1.807, 2.05) is 0 Å². The first kappa shape index (κ1) is 17.5. The molecule has 0 fully saturated rings. The molecule has 2 N–H and O–H groups in total. The van der Waals surface area contributed by atoms with E-state index in [-0.39, 0.29) is 0 Å². The van der Waals surface area contributed by atoms with Crippen LogP contribution in [0.4, 0.5) is 0 Å². The van der Waals surface area contributed by atoms with Crippen LogP contribution in [-0.4, -0.2) is 24.9 Å². The molecule has 0 saturated heterocycles. The third kappa shape index (κ3) is 6.28. The van der Waals surface area contributed by atoms with Crippen LogP contribution in [0.5, 0.6) is 0 Å². The van der Waals surface area contributed by atoms with E-state index in [9.17, 15) is 0 Å². The van der Waals surface area contributed by atoms with Gasteiger partial charge in [0.05, 0.1) is 0 Å². The molecule has 0 aromatic carbocycles. The summed E-state index contributed by atoms with van der Waals surface area (Å²) in [7, 11) is 0. The van der Waals surface area contributed by atoms with Crippen molar-refractivity contribution in [2.75, 3.05) is 6.54 Å². The molecule has 17 heavy (non-hydrogen) atoms. The topological polar surface area (TPSA) is 26.0 Å². The Balaban J connectivity index is 4.70. The van der Waals surface area contributed by atoms with Crippen LogP contribution in [0, 0.1) is 0 Å². The van der Waals surface area contributed by atoms with Crippen molar-refractivity contribution in [2.45, 2.75) is 72.6 Å². The zero-order valence-corrected chi connectivity index (χ0v) is 15.2. The monoisotopic (exact) mass is 347 g/mol. The first-order valence-corrected chi connectivity index (χ1v) is 15.0. The van der Waals surface area contributed by atoms with Crippen molar-refractivity contribution in [3.63, 3.8) is 0 Å². The van der Waals surface area contributed by atoms with Gasteiger partial charge in [-0.25, -0.2) is 0 Å². The molecular weight excluding hydrogens is 313 g/mol. The van der Waals surface area contributed by atoms with Crippen LogP contribution in [-0.2, 0) is 0 Å². The molecule has 0 heterocycles. The fourth-order valence-electron chi connectivity index (χ4n) is 2.67. The molecule has 0 atom stereocenters. The van der Waals surface area contributed by atoms with Gasteiger partial charge >= 0.3 is 113 Å². The molecule has 0 bridgehead atoms. The number of nitrogens with two attached hydrogens (primary N) is 1. The molecule has 0 amide bonds. The van der Waals surface area contributed by atoms with Gasteiger partial charge in [0.15, 0.2) is 0 Å². The van der Waals surface area contributed by atoms with Crippen LogP contribution >= 0.6 is 0 Å². The van der Waals surface area contributed by atoms with E-state index in [0.29, 0.717) is 0 Å². The van der Waals surface area contributed by atoms with E-state index in [4.69, 9.17) is 5.73 Å². The zero-order valence-electron chi connectivity index (χ0n) is 12.4. The molecule has 0 aliphatic rings. The molecule has 0 unspecified atom stereocenters. The van der Waals surface area contributed by atoms with Crippen molar-refractivity contribution < 1.29 is 0 Å². The van der Waals surface area contributed by atoms with E-state index in [2.05, 4.69) is 27.4 Å². The van der Waals surface area contributed by atoms with Gasteiger partial charge in [-0.05, 0) is 0 Å². The molecule has 0 aromatic heterocycles. The molecule has 2 heteroatoms. The molecule has 102 valence electrons. The second-order valence-electron chi connectivity index (χ2n) is 5.40. The standard InChI is InChI=1S/3C4H9.C3H6N.Sn/c3*1-3-4-2;1-2-3-4;/h3*1,3-4H2,2H3;1,3-4H2;. The van der Waals surface area contributed by atoms with Gasteiger partial charge in [-0.15, -0.1) is 0 Å². The van der Waals surface area contributed by atoms with Gasteiger partial charge in [0, 0.05) is 0 Å². The van der Waals surface area contributed by atoms with Gasteiger partial charge in [-0.2, -0.15) is 0 Å². The van der Waals surface area contributed by atoms with Crippen molar-refractivity contribution in [3.05, 3.63) is 10.2 Å². The molecule has 0 aliphatic carbocycles. The van der Waals surface area contributed by atoms with E-state index < -0.39 is 18.4 Å². The molecule has 1 nitrogen and oxygen atoms in total. The Morgan fingerprint density at radius 3 is 1.47 bits per heavy atom. The van der Waals surface area contributed by atoms with Gasteiger partial charge < -0.3 is 0 Å². The average Bonchev–Trinajstić information content (AvgIpc) is 2.37. The van der Waals surface area contributed by atoms with Crippen LogP contribution in [0.15, 0.2) is 10.2 Å². The van der Waals surface area contributed by atoms with Gasteiger partial charge in [0.2, 0.25) is 0 Å². The van der Waals surface area contributed by atoms with Crippen molar-refractivity contribution in [1.29, 1.82) is 0 Å². The van der Waals surface area contributed by atoms with Crippen LogP contribution in [0.25, 0.3) is 0 Å². The van der Waals surface area contributed by atoms with E-state index in [1.165, 1.54) is 55.4 Å². The summed E-state index contributed by atoms with van der Waals surface area (Å²) in [5.74, 6) is 0. The van der Waals surface area contributed by atoms with Crippen LogP contribution in [0.3, 0.4) is 0 Å². The molecule has 0 saturated carbocycles. The number of unbranched alkanes of at least 4 members (excludes halogenated alkanes) is 3. The number of rotatable bonds is 11. The second kappa shape index (κ2) is 10.4. The summed E-state index contributed by atoms with van der Waals surface area (Å²) < 4.78 is 6.01. The van der Waals surface area contributed by atoms with Gasteiger partial charge in [0.1, 0.15) is 0 Å². The Labute approximate surface area is 113 Å². The van der Waals surface area contributed by atoms with Gasteiger partial charge in [-0.3, -0.25) is 0 Å². The molecule has 0 spiro atoms. The normalized spacial score (nSPS) is 11.8. The summed E-state index contributed by atoms with van der Waals surface area (Å²) >= 11 is -2.11. The maximum atomic E-state index is 5.93. The summed E-state index contributed by atoms with van der Waals surface area (Å²) in [4.78, 5) is 0. The average molecular weight is 346 g/mol. The van der Waals surface area contributed by atoms with E-state index >= 15 is 0 Å². The predicted octanol–water partition coefficient (Wildman–Crippen LogP) is 4.89. The quantitative estimate of drug-likeness (QED) is 0.530. The maximum absolute atomic E-state index is 5.93. The minimum absolute atomic E-state index is 0.757. The molecule has 0 aromatic rings. The summed E-state index contributed by atoms with van der Waals surface area (Å²) in [5, 5.41) is 0. The predicted molar refractivity (Wildman–Crippen MR) is 83.1 cm³/mol. The van der Waals surface area contributed by atoms with Crippen molar-refractivity contribution in [2.24, 2.45) is 5.73 Å². The second-order valence-corrected chi connectivity index (χ2v) is 19.0. The fraction of sp³-hybridized carbons (Fsp3) is 0.867. The van der Waals surface area contributed by atoms with E-state index in [0.717, 1.165) is 6.54 Å². The Morgan fingerprint density at radius 1 is 0.882 bits per heavy atom. The number of hydrogen-bond donors (Lipinski definition) is 1. The summed E-state index contributed by atoms with van der Waals surface area (Å²) in [6, 6.07) is 0. The molecule has 0 aliphatic heterocycles. The molecule has 0 radical (unpaired) electrons. The Morgan fingerprint density at radius 2 is 1.24 bits per heavy atom. The zero-order chi connectivity index (χ0) is 13.1. The number of hydrogen-bond acceptors (Lipinski definition) is 1. The van der Waals surface area contributed by atoms with Crippen molar-refractivity contribution in [1.82, 2.24) is 0 Å². The third-order valence-corrected chi connectivity index (χ3v) is 20.1. The fourth-order valence-corrected chi connectivity index (χ4v) is 17.9. The van der Waals surface area contributed by atoms with Crippen molar-refractivity contribution >= 4 is 18.4 Å². The Bertz CT molecular complexity index is 179. The SMILES string of the molecule is C=[C](CN)[Sn]([CH2]CCC)([CH2]CCC)[CH2]CCC. The third-order valence-electron chi connectivity index (χ3n) is 4.02. The summed E-state index contributed by atoms with van der Waals surface area (Å²) in [6.45, 7) is 12.1. The summed E-state index contributed by atoms with van der Waals surface area (Å²) in [5.41, 5.74) is 5.93. The first-order chi connectivity index (χ1) is 8.16.